The summed E-state index contributed by atoms with van der Waals surface area (Å²) in [4.78, 5) is 0. The SMILES string of the molecule is Cc1c(O)cc(CC2CCCNC2)cc1Cl. The van der Waals surface area contributed by atoms with Gasteiger partial charge in [-0.05, 0) is 62.9 Å². The second-order valence-corrected chi connectivity index (χ2v) is 5.05. The third-order valence-electron chi connectivity index (χ3n) is 3.30. The van der Waals surface area contributed by atoms with Crippen molar-refractivity contribution in [1.82, 2.24) is 5.32 Å². The molecule has 2 nitrogen and oxygen atoms in total. The lowest BCUT2D eigenvalue weighted by Crippen LogP contribution is -2.30. The summed E-state index contributed by atoms with van der Waals surface area (Å²) < 4.78 is 0. The number of piperidine rings is 1. The predicted octanol–water partition coefficient (Wildman–Crippen LogP) is 2.90. The summed E-state index contributed by atoms with van der Waals surface area (Å²) in [6.07, 6.45) is 3.51. The molecular formula is C13H18ClNO. The van der Waals surface area contributed by atoms with Crippen molar-refractivity contribution in [3.8, 4) is 5.75 Å². The second-order valence-electron chi connectivity index (χ2n) is 4.64. The number of hydrogen-bond donors (Lipinski definition) is 2. The van der Waals surface area contributed by atoms with Crippen molar-refractivity contribution in [2.75, 3.05) is 13.1 Å². The Kier molecular flexibility index (Phi) is 3.72. The van der Waals surface area contributed by atoms with Crippen molar-refractivity contribution in [3.05, 3.63) is 28.3 Å². The van der Waals surface area contributed by atoms with E-state index in [-0.39, 0.29) is 0 Å². The van der Waals surface area contributed by atoms with Gasteiger partial charge in [0.15, 0.2) is 0 Å². The number of nitrogens with one attached hydrogen (secondary N) is 1. The Balaban J connectivity index is 2.09. The van der Waals surface area contributed by atoms with E-state index in [1.807, 2.05) is 19.1 Å². The summed E-state index contributed by atoms with van der Waals surface area (Å²) in [5.74, 6) is 0.984. The van der Waals surface area contributed by atoms with Gasteiger partial charge in [0.2, 0.25) is 0 Å². The summed E-state index contributed by atoms with van der Waals surface area (Å²) in [5.41, 5.74) is 1.91. The summed E-state index contributed by atoms with van der Waals surface area (Å²) in [7, 11) is 0. The maximum atomic E-state index is 9.71. The van der Waals surface area contributed by atoms with Crippen LogP contribution in [0.5, 0.6) is 5.75 Å². The summed E-state index contributed by atoms with van der Waals surface area (Å²) in [6.45, 7) is 4.05. The minimum absolute atomic E-state index is 0.311. The van der Waals surface area contributed by atoms with Gasteiger partial charge in [-0.25, -0.2) is 0 Å². The molecule has 1 aliphatic heterocycles. The summed E-state index contributed by atoms with van der Waals surface area (Å²) in [5, 5.41) is 13.8. The van der Waals surface area contributed by atoms with Crippen LogP contribution in [0.4, 0.5) is 0 Å². The third-order valence-corrected chi connectivity index (χ3v) is 3.69. The minimum atomic E-state index is 0.311. The van der Waals surface area contributed by atoms with Crippen LogP contribution in [0.25, 0.3) is 0 Å². The molecule has 0 radical (unpaired) electrons. The lowest BCUT2D eigenvalue weighted by atomic mass is 9.92. The number of benzene rings is 1. The van der Waals surface area contributed by atoms with E-state index in [1.54, 1.807) is 0 Å². The van der Waals surface area contributed by atoms with E-state index < -0.39 is 0 Å². The van der Waals surface area contributed by atoms with Gasteiger partial charge in [0.25, 0.3) is 0 Å². The first-order valence-electron chi connectivity index (χ1n) is 5.85. The maximum Gasteiger partial charge on any atom is 0.120 e. The Hall–Kier alpha value is -0.730. The number of hydrogen-bond acceptors (Lipinski definition) is 2. The summed E-state index contributed by atoms with van der Waals surface area (Å²) >= 11 is 6.06. The molecule has 1 unspecified atom stereocenters. The molecule has 16 heavy (non-hydrogen) atoms. The number of aromatic hydroxyl groups is 1. The van der Waals surface area contributed by atoms with Crippen LogP contribution < -0.4 is 5.32 Å². The van der Waals surface area contributed by atoms with Crippen molar-refractivity contribution >= 4 is 11.6 Å². The van der Waals surface area contributed by atoms with E-state index >= 15 is 0 Å². The van der Waals surface area contributed by atoms with Crippen LogP contribution in [0.2, 0.25) is 5.02 Å². The zero-order chi connectivity index (χ0) is 11.5. The topological polar surface area (TPSA) is 32.3 Å². The highest BCUT2D eigenvalue weighted by Gasteiger charge is 2.14. The number of rotatable bonds is 2. The second kappa shape index (κ2) is 5.07. The van der Waals surface area contributed by atoms with Crippen molar-refractivity contribution in [3.63, 3.8) is 0 Å². The summed E-state index contributed by atoms with van der Waals surface area (Å²) in [6, 6.07) is 3.82. The van der Waals surface area contributed by atoms with Crippen molar-refractivity contribution < 1.29 is 5.11 Å². The highest BCUT2D eigenvalue weighted by Crippen LogP contribution is 2.28. The smallest absolute Gasteiger partial charge is 0.120 e. The molecule has 2 rings (SSSR count). The van der Waals surface area contributed by atoms with Crippen LogP contribution in [0.3, 0.4) is 0 Å². The van der Waals surface area contributed by atoms with Crippen LogP contribution in [0.15, 0.2) is 12.1 Å². The first-order valence-corrected chi connectivity index (χ1v) is 6.23. The Morgan fingerprint density at radius 3 is 2.94 bits per heavy atom. The first-order chi connectivity index (χ1) is 7.66. The fourth-order valence-corrected chi connectivity index (χ4v) is 2.51. The zero-order valence-electron chi connectivity index (χ0n) is 9.59. The van der Waals surface area contributed by atoms with Gasteiger partial charge in [0.1, 0.15) is 5.75 Å². The van der Waals surface area contributed by atoms with Gasteiger partial charge >= 0.3 is 0 Å². The fraction of sp³-hybridized carbons (Fsp3) is 0.538. The van der Waals surface area contributed by atoms with E-state index in [0.29, 0.717) is 16.7 Å². The molecule has 0 aromatic heterocycles. The highest BCUT2D eigenvalue weighted by atomic mass is 35.5. The van der Waals surface area contributed by atoms with Gasteiger partial charge in [0.05, 0.1) is 0 Å². The van der Waals surface area contributed by atoms with Crippen LogP contribution >= 0.6 is 11.6 Å². The predicted molar refractivity (Wildman–Crippen MR) is 67.2 cm³/mol. The van der Waals surface area contributed by atoms with Gasteiger partial charge in [-0.15, -0.1) is 0 Å². The van der Waals surface area contributed by atoms with Gasteiger partial charge in [-0.2, -0.15) is 0 Å². The average molecular weight is 240 g/mol. The van der Waals surface area contributed by atoms with Crippen LogP contribution in [0.1, 0.15) is 24.0 Å². The Bertz CT molecular complexity index is 349. The van der Waals surface area contributed by atoms with Gasteiger partial charge in [-0.1, -0.05) is 11.6 Å². The Labute approximate surface area is 102 Å². The van der Waals surface area contributed by atoms with Gasteiger partial charge in [0, 0.05) is 10.6 Å². The molecule has 3 heteroatoms. The molecule has 1 fully saturated rings. The molecule has 0 amide bonds. The molecule has 2 N–H and O–H groups in total. The molecule has 1 aliphatic rings. The lowest BCUT2D eigenvalue weighted by Gasteiger charge is -2.23. The van der Waals surface area contributed by atoms with E-state index in [4.69, 9.17) is 11.6 Å². The first kappa shape index (κ1) is 11.7. The van der Waals surface area contributed by atoms with E-state index in [2.05, 4.69) is 5.32 Å². The molecule has 1 aromatic rings. The average Bonchev–Trinajstić information content (AvgIpc) is 2.27. The van der Waals surface area contributed by atoms with Crippen LogP contribution in [-0.2, 0) is 6.42 Å². The number of phenols is 1. The number of phenolic OH excluding ortho intramolecular Hbond substituents is 1. The van der Waals surface area contributed by atoms with Crippen molar-refractivity contribution in [2.45, 2.75) is 26.2 Å². The Morgan fingerprint density at radius 2 is 2.31 bits per heavy atom. The molecule has 0 aliphatic carbocycles. The molecule has 1 aromatic carbocycles. The third kappa shape index (κ3) is 2.69. The monoisotopic (exact) mass is 239 g/mol. The Morgan fingerprint density at radius 1 is 1.50 bits per heavy atom. The van der Waals surface area contributed by atoms with Crippen molar-refractivity contribution in [2.24, 2.45) is 5.92 Å². The molecule has 88 valence electrons. The van der Waals surface area contributed by atoms with Crippen molar-refractivity contribution in [1.29, 1.82) is 0 Å². The highest BCUT2D eigenvalue weighted by molar-refractivity contribution is 6.31. The molecule has 1 heterocycles. The quantitative estimate of drug-likeness (QED) is 0.832. The molecule has 1 atom stereocenters. The van der Waals surface area contributed by atoms with Crippen LogP contribution in [-0.4, -0.2) is 18.2 Å². The molecule has 1 saturated heterocycles. The van der Waals surface area contributed by atoms with E-state index in [9.17, 15) is 5.11 Å². The molecular weight excluding hydrogens is 222 g/mol. The fourth-order valence-electron chi connectivity index (χ4n) is 2.27. The van der Waals surface area contributed by atoms with Gasteiger partial charge < -0.3 is 10.4 Å². The number of halogens is 1. The lowest BCUT2D eigenvalue weighted by molar-refractivity contribution is 0.375. The molecule has 0 saturated carbocycles. The molecule has 0 spiro atoms. The van der Waals surface area contributed by atoms with E-state index in [1.165, 1.54) is 12.8 Å². The molecule has 0 bridgehead atoms. The minimum Gasteiger partial charge on any atom is -0.508 e. The van der Waals surface area contributed by atoms with Crippen LogP contribution in [0, 0.1) is 12.8 Å². The van der Waals surface area contributed by atoms with E-state index in [0.717, 1.165) is 30.6 Å². The van der Waals surface area contributed by atoms with Gasteiger partial charge in [-0.3, -0.25) is 0 Å². The largest absolute Gasteiger partial charge is 0.508 e. The zero-order valence-corrected chi connectivity index (χ0v) is 10.3. The maximum absolute atomic E-state index is 9.71. The standard InChI is InChI=1S/C13H18ClNO/c1-9-12(14)6-11(7-13(9)16)5-10-3-2-4-15-8-10/h6-7,10,15-16H,2-5,8H2,1H3. The normalized spacial score (nSPS) is 21.0.